The lowest BCUT2D eigenvalue weighted by molar-refractivity contribution is -0.134. The highest BCUT2D eigenvalue weighted by atomic mass is 16.3. The van der Waals surface area contributed by atoms with Crippen molar-refractivity contribution in [3.8, 4) is 5.75 Å². The van der Waals surface area contributed by atoms with Gasteiger partial charge in [-0.1, -0.05) is 26.0 Å². The van der Waals surface area contributed by atoms with E-state index in [0.29, 0.717) is 50.8 Å². The Hall–Kier alpha value is -4.08. The van der Waals surface area contributed by atoms with Crippen molar-refractivity contribution in [2.45, 2.75) is 115 Å². The maximum atomic E-state index is 13.7. The van der Waals surface area contributed by atoms with Gasteiger partial charge in [0.25, 0.3) is 0 Å². The second-order valence-corrected chi connectivity index (χ2v) is 12.5. The summed E-state index contributed by atoms with van der Waals surface area (Å²) in [6.45, 7) is 7.45. The Labute approximate surface area is 283 Å². The zero-order valence-corrected chi connectivity index (χ0v) is 28.6. The predicted octanol–water partition coefficient (Wildman–Crippen LogP) is -0.860. The molecule has 0 fully saturated rings. The maximum Gasteiger partial charge on any atom is 0.243 e. The summed E-state index contributed by atoms with van der Waals surface area (Å²) in [6.07, 6.45) is 4.73. The molecule has 0 saturated heterocycles. The lowest BCUT2D eigenvalue weighted by atomic mass is 10.0. The summed E-state index contributed by atoms with van der Waals surface area (Å²) in [7, 11) is 0. The number of hydrogen-bond donors (Lipinski definition) is 9. The highest BCUT2D eigenvalue weighted by Crippen LogP contribution is 2.13. The predicted molar refractivity (Wildman–Crippen MR) is 182 cm³/mol. The molecule has 1 aromatic rings. The minimum atomic E-state index is -1.14. The molecule has 1 radical (unpaired) electrons. The van der Waals surface area contributed by atoms with Crippen LogP contribution in [0.1, 0.15) is 78.2 Å². The van der Waals surface area contributed by atoms with Gasteiger partial charge < -0.3 is 48.9 Å². The molecule has 0 saturated carbocycles. The van der Waals surface area contributed by atoms with E-state index >= 15 is 0 Å². The molecule has 1 rings (SSSR count). The van der Waals surface area contributed by atoms with Gasteiger partial charge in [-0.05, 0) is 95.5 Å². The Morgan fingerprint density at radius 2 is 1.17 bits per heavy atom. The molecule has 269 valence electrons. The molecule has 0 aliphatic rings. The normalized spacial score (nSPS) is 14.8. The molecular formula is C33H55N8O7. The first-order valence-electron chi connectivity index (χ1n) is 16.5. The molecule has 0 bridgehead atoms. The summed E-state index contributed by atoms with van der Waals surface area (Å²) in [5, 5.41) is 22.9. The van der Waals surface area contributed by atoms with Gasteiger partial charge in [-0.3, -0.25) is 28.8 Å². The smallest absolute Gasteiger partial charge is 0.243 e. The van der Waals surface area contributed by atoms with Crippen LogP contribution in [0.2, 0.25) is 0 Å². The van der Waals surface area contributed by atoms with Gasteiger partial charge in [0.1, 0.15) is 29.9 Å². The number of phenols is 1. The van der Waals surface area contributed by atoms with Gasteiger partial charge in [0.15, 0.2) is 0 Å². The van der Waals surface area contributed by atoms with Crippen LogP contribution in [0.3, 0.4) is 0 Å². The molecule has 0 spiro atoms. The Kier molecular flexibility index (Phi) is 19.6. The lowest BCUT2D eigenvalue weighted by Gasteiger charge is -2.27. The Bertz CT molecular complexity index is 1180. The fourth-order valence-electron chi connectivity index (χ4n) is 4.73. The van der Waals surface area contributed by atoms with Crippen LogP contribution in [0.4, 0.5) is 0 Å². The first kappa shape index (κ1) is 41.9. The number of hydrogen-bond acceptors (Lipinski definition) is 10. The fraction of sp³-hybridized carbons (Fsp3) is 0.636. The van der Waals surface area contributed by atoms with Gasteiger partial charge in [0.2, 0.25) is 35.8 Å². The molecule has 0 aromatic heterocycles. The molecule has 15 nitrogen and oxygen atoms in total. The van der Waals surface area contributed by atoms with Crippen LogP contribution in [-0.2, 0) is 35.2 Å². The van der Waals surface area contributed by atoms with Crippen LogP contribution in [0, 0.1) is 5.92 Å². The van der Waals surface area contributed by atoms with Crippen LogP contribution >= 0.6 is 0 Å². The van der Waals surface area contributed by atoms with Gasteiger partial charge in [0, 0.05) is 6.42 Å². The van der Waals surface area contributed by atoms with E-state index in [9.17, 15) is 33.9 Å². The average molecular weight is 676 g/mol. The van der Waals surface area contributed by atoms with E-state index in [1.807, 2.05) is 20.1 Å². The van der Waals surface area contributed by atoms with Crippen molar-refractivity contribution in [2.75, 3.05) is 13.1 Å². The van der Waals surface area contributed by atoms with E-state index in [1.165, 1.54) is 26.0 Å². The van der Waals surface area contributed by atoms with Crippen molar-refractivity contribution in [1.82, 2.24) is 26.6 Å². The molecule has 6 atom stereocenters. The standard InChI is InChI=1S/C33H55N8O7/c1-20(2)17-24(19-42)38-33(48)28(18-23-11-13-25(43)14-12-23)41-32(47)27(10-6-8-16-35)40-31(46)26(9-5-7-15-34)39-30(45)22(4)37-29(44)21(3)36/h11-14,20-22,24,26-28,43H,5-10,15-18,34-36H2,1-4H3,(H,37,44)(H,38,48)(H,39,45)(H,40,46)(H,41,47)/t21-,22-,24-,26-,27-,28-/m0/s1. The Balaban J connectivity index is 3.26. The summed E-state index contributed by atoms with van der Waals surface area (Å²) in [5.74, 6) is -2.94. The fourth-order valence-corrected chi connectivity index (χ4v) is 4.73. The van der Waals surface area contributed by atoms with E-state index in [-0.39, 0.29) is 30.9 Å². The molecule has 5 amide bonds. The number of benzene rings is 1. The highest BCUT2D eigenvalue weighted by molar-refractivity contribution is 5.96. The van der Waals surface area contributed by atoms with Gasteiger partial charge in [-0.25, -0.2) is 0 Å². The number of aromatic hydroxyl groups is 1. The number of amides is 5. The second-order valence-electron chi connectivity index (χ2n) is 12.5. The molecule has 48 heavy (non-hydrogen) atoms. The van der Waals surface area contributed by atoms with Gasteiger partial charge in [-0.15, -0.1) is 0 Å². The average Bonchev–Trinajstić information content (AvgIpc) is 3.03. The minimum absolute atomic E-state index is 0.0252. The van der Waals surface area contributed by atoms with Gasteiger partial charge in [0.05, 0.1) is 12.1 Å². The zero-order valence-electron chi connectivity index (χ0n) is 28.6. The number of nitrogens with one attached hydrogen (secondary N) is 5. The third-order valence-corrected chi connectivity index (χ3v) is 7.50. The third kappa shape index (κ3) is 16.2. The van der Waals surface area contributed by atoms with E-state index < -0.39 is 65.8 Å². The first-order chi connectivity index (χ1) is 22.7. The minimum Gasteiger partial charge on any atom is -0.508 e. The van der Waals surface area contributed by atoms with E-state index in [0.717, 1.165) is 0 Å². The maximum absolute atomic E-state index is 13.7. The highest BCUT2D eigenvalue weighted by Gasteiger charge is 2.31. The first-order valence-corrected chi connectivity index (χ1v) is 16.5. The van der Waals surface area contributed by atoms with Crippen LogP contribution < -0.4 is 43.8 Å². The van der Waals surface area contributed by atoms with Crippen LogP contribution in [0.5, 0.6) is 5.75 Å². The number of rotatable bonds is 23. The lowest BCUT2D eigenvalue weighted by Crippen LogP contribution is -2.59. The summed E-state index contributed by atoms with van der Waals surface area (Å²) in [6, 6.07) is 0.0803. The molecule has 0 heterocycles. The molecule has 12 N–H and O–H groups in total. The summed E-state index contributed by atoms with van der Waals surface area (Å²) < 4.78 is 0. The monoisotopic (exact) mass is 675 g/mol. The number of phenolic OH excluding ortho intramolecular Hbond substituents is 1. The summed E-state index contributed by atoms with van der Waals surface area (Å²) >= 11 is 0. The molecule has 0 unspecified atom stereocenters. The molecule has 1 aromatic carbocycles. The van der Waals surface area contributed by atoms with Crippen LogP contribution in [0.15, 0.2) is 24.3 Å². The Morgan fingerprint density at radius 1 is 0.688 bits per heavy atom. The van der Waals surface area contributed by atoms with E-state index in [2.05, 4.69) is 26.6 Å². The number of carbonyl (C=O) groups excluding carboxylic acids is 6. The van der Waals surface area contributed by atoms with Crippen molar-refractivity contribution >= 4 is 35.8 Å². The topological polar surface area (TPSA) is 261 Å². The largest absolute Gasteiger partial charge is 0.508 e. The van der Waals surface area contributed by atoms with E-state index in [1.54, 1.807) is 12.1 Å². The molecular weight excluding hydrogens is 620 g/mol. The number of unbranched alkanes of at least 4 members (excludes halogenated alkanes) is 2. The van der Waals surface area contributed by atoms with Crippen molar-refractivity contribution in [3.63, 3.8) is 0 Å². The third-order valence-electron chi connectivity index (χ3n) is 7.50. The van der Waals surface area contributed by atoms with E-state index in [4.69, 9.17) is 17.2 Å². The Morgan fingerprint density at radius 3 is 1.62 bits per heavy atom. The quantitative estimate of drug-likeness (QED) is 0.0648. The van der Waals surface area contributed by atoms with Gasteiger partial charge in [-0.2, -0.15) is 0 Å². The van der Waals surface area contributed by atoms with Crippen molar-refractivity contribution < 1.29 is 33.9 Å². The molecule has 15 heteroatoms. The SMILES string of the molecule is CC(C)C[C@@H]([C]=O)NC(=O)[C@H](Cc1ccc(O)cc1)NC(=O)[C@H](CCCCN)NC(=O)[C@H](CCCCN)NC(=O)[C@H](C)NC(=O)[C@H](C)N. The molecule has 0 aliphatic heterocycles. The summed E-state index contributed by atoms with van der Waals surface area (Å²) in [4.78, 5) is 77.2. The summed E-state index contributed by atoms with van der Waals surface area (Å²) in [5.41, 5.74) is 17.5. The zero-order chi connectivity index (χ0) is 36.2. The second kappa shape index (κ2) is 22.5. The van der Waals surface area contributed by atoms with Gasteiger partial charge >= 0.3 is 0 Å². The van der Waals surface area contributed by atoms with Crippen molar-refractivity contribution in [1.29, 1.82) is 0 Å². The number of nitrogens with two attached hydrogens (primary N) is 3. The van der Waals surface area contributed by atoms with Crippen molar-refractivity contribution in [3.05, 3.63) is 29.8 Å². The van der Waals surface area contributed by atoms with Crippen LogP contribution in [0.25, 0.3) is 0 Å². The number of carbonyl (C=O) groups is 5. The van der Waals surface area contributed by atoms with Crippen LogP contribution in [-0.4, -0.2) is 90.3 Å². The molecule has 0 aliphatic carbocycles. The van der Waals surface area contributed by atoms with Crippen molar-refractivity contribution in [2.24, 2.45) is 23.1 Å².